The van der Waals surface area contributed by atoms with Crippen LogP contribution in [0.4, 0.5) is 5.82 Å². The van der Waals surface area contributed by atoms with Crippen molar-refractivity contribution in [3.05, 3.63) is 17.6 Å². The number of carbonyl (C=O) groups is 1. The number of nitrogens with one attached hydrogen (secondary N) is 2. The molecule has 0 radical (unpaired) electrons. The second-order valence-corrected chi connectivity index (χ2v) is 7.33. The average molecular weight is 329 g/mol. The minimum absolute atomic E-state index is 0.347. The molecule has 1 atom stereocenters. The quantitative estimate of drug-likeness (QED) is 0.873. The van der Waals surface area contributed by atoms with Crippen molar-refractivity contribution in [1.82, 2.24) is 20.2 Å². The summed E-state index contributed by atoms with van der Waals surface area (Å²) in [5.41, 5.74) is 2.41. The second-order valence-electron chi connectivity index (χ2n) is 7.33. The molecular weight excluding hydrogens is 302 g/mol. The number of fused-ring (bicyclic) bond motifs is 1. The molecule has 1 aromatic heterocycles. The van der Waals surface area contributed by atoms with Crippen molar-refractivity contribution in [2.75, 3.05) is 31.5 Å². The molecule has 6 heteroatoms. The summed E-state index contributed by atoms with van der Waals surface area (Å²) >= 11 is 0. The molecule has 0 bridgehead atoms. The number of hydrogen-bond acceptors (Lipinski definition) is 5. The first-order valence-corrected chi connectivity index (χ1v) is 9.38. The highest BCUT2D eigenvalue weighted by atomic mass is 16.2. The summed E-state index contributed by atoms with van der Waals surface area (Å²) in [7, 11) is 0. The predicted molar refractivity (Wildman–Crippen MR) is 92.9 cm³/mol. The highest BCUT2D eigenvalue weighted by molar-refractivity contribution is 5.79. The molecule has 3 aliphatic rings. The third-order valence-electron chi connectivity index (χ3n) is 5.69. The molecule has 2 aliphatic heterocycles. The predicted octanol–water partition coefficient (Wildman–Crippen LogP) is 1.37. The molecule has 0 aromatic carbocycles. The van der Waals surface area contributed by atoms with Gasteiger partial charge < -0.3 is 15.5 Å². The summed E-state index contributed by atoms with van der Waals surface area (Å²) in [6, 6.07) is 0.504. The van der Waals surface area contributed by atoms with E-state index in [4.69, 9.17) is 0 Å². The Labute approximate surface area is 143 Å². The molecule has 130 valence electrons. The van der Waals surface area contributed by atoms with E-state index < -0.39 is 0 Å². The van der Waals surface area contributed by atoms with Crippen LogP contribution < -0.4 is 10.6 Å². The number of nitrogens with zero attached hydrogens (tertiary/aromatic N) is 3. The van der Waals surface area contributed by atoms with Crippen molar-refractivity contribution < 1.29 is 4.79 Å². The van der Waals surface area contributed by atoms with Gasteiger partial charge in [0.1, 0.15) is 12.1 Å². The Bertz CT molecular complexity index is 599. The van der Waals surface area contributed by atoms with Crippen LogP contribution in [-0.2, 0) is 17.6 Å². The smallest absolute Gasteiger partial charge is 0.223 e. The molecule has 2 N–H and O–H groups in total. The highest BCUT2D eigenvalue weighted by Crippen LogP contribution is 2.29. The Hall–Kier alpha value is -1.69. The Balaban J connectivity index is 1.38. The zero-order chi connectivity index (χ0) is 16.4. The van der Waals surface area contributed by atoms with Gasteiger partial charge in [-0.3, -0.25) is 4.79 Å². The Morgan fingerprint density at radius 1 is 1.21 bits per heavy atom. The maximum atomic E-state index is 12.3. The summed E-state index contributed by atoms with van der Waals surface area (Å²) in [4.78, 5) is 23.4. The molecule has 0 spiro atoms. The fraction of sp³-hybridized carbons (Fsp3) is 0.722. The van der Waals surface area contributed by atoms with Crippen molar-refractivity contribution in [2.24, 2.45) is 5.92 Å². The first-order chi connectivity index (χ1) is 11.8. The van der Waals surface area contributed by atoms with Crippen molar-refractivity contribution in [1.29, 1.82) is 0 Å². The average Bonchev–Trinajstić information content (AvgIpc) is 3.16. The first kappa shape index (κ1) is 15.8. The van der Waals surface area contributed by atoms with Gasteiger partial charge in [0.15, 0.2) is 0 Å². The van der Waals surface area contributed by atoms with Crippen LogP contribution in [0.15, 0.2) is 6.33 Å². The van der Waals surface area contributed by atoms with Crippen LogP contribution in [-0.4, -0.2) is 53.0 Å². The number of anilines is 1. The third kappa shape index (κ3) is 3.24. The minimum atomic E-state index is 0.347. The monoisotopic (exact) mass is 329 g/mol. The number of hydrogen-bond donors (Lipinski definition) is 2. The van der Waals surface area contributed by atoms with Crippen molar-refractivity contribution in [3.63, 3.8) is 0 Å². The molecular formula is C18H27N5O. The van der Waals surface area contributed by atoms with Crippen LogP contribution in [0.2, 0.25) is 0 Å². The van der Waals surface area contributed by atoms with Crippen LogP contribution >= 0.6 is 0 Å². The molecule has 3 heterocycles. The zero-order valence-electron chi connectivity index (χ0n) is 14.3. The van der Waals surface area contributed by atoms with Gasteiger partial charge in [-0.25, -0.2) is 9.97 Å². The molecule has 0 unspecified atom stereocenters. The molecule has 2 fully saturated rings. The molecule has 1 saturated carbocycles. The molecule has 4 rings (SSSR count). The van der Waals surface area contributed by atoms with E-state index in [1.165, 1.54) is 31.2 Å². The van der Waals surface area contributed by atoms with Gasteiger partial charge in [0, 0.05) is 50.0 Å². The number of aromatic nitrogens is 2. The van der Waals surface area contributed by atoms with Gasteiger partial charge in [-0.15, -0.1) is 0 Å². The van der Waals surface area contributed by atoms with Gasteiger partial charge >= 0.3 is 0 Å². The molecule has 24 heavy (non-hydrogen) atoms. The molecule has 6 nitrogen and oxygen atoms in total. The molecule has 1 amide bonds. The Kier molecular flexibility index (Phi) is 4.65. The van der Waals surface area contributed by atoms with Gasteiger partial charge in [-0.2, -0.15) is 0 Å². The zero-order valence-corrected chi connectivity index (χ0v) is 14.3. The molecule has 1 saturated heterocycles. The van der Waals surface area contributed by atoms with Crippen LogP contribution in [0, 0.1) is 5.92 Å². The highest BCUT2D eigenvalue weighted by Gasteiger charge is 2.35. The van der Waals surface area contributed by atoms with E-state index >= 15 is 0 Å². The lowest BCUT2D eigenvalue weighted by molar-refractivity contribution is -0.129. The van der Waals surface area contributed by atoms with Gasteiger partial charge in [0.25, 0.3) is 0 Å². The lowest BCUT2D eigenvalue weighted by Crippen LogP contribution is -2.35. The maximum Gasteiger partial charge on any atom is 0.223 e. The molecule has 1 aromatic rings. The number of carbonyl (C=O) groups excluding carboxylic acids is 1. The number of rotatable bonds is 4. The number of likely N-dealkylation sites (tertiary alicyclic amines) is 1. The van der Waals surface area contributed by atoms with E-state index in [1.54, 1.807) is 6.33 Å². The Morgan fingerprint density at radius 3 is 2.92 bits per heavy atom. The van der Waals surface area contributed by atoms with Crippen molar-refractivity contribution >= 4 is 11.7 Å². The first-order valence-electron chi connectivity index (χ1n) is 9.38. The lowest BCUT2D eigenvalue weighted by Gasteiger charge is -2.24. The summed E-state index contributed by atoms with van der Waals surface area (Å²) in [6.45, 7) is 3.69. The summed E-state index contributed by atoms with van der Waals surface area (Å²) in [5.74, 6) is 1.71. The van der Waals surface area contributed by atoms with E-state index in [9.17, 15) is 4.79 Å². The molecule has 1 aliphatic carbocycles. The van der Waals surface area contributed by atoms with E-state index in [1.807, 2.05) is 0 Å². The van der Waals surface area contributed by atoms with Gasteiger partial charge in [0.2, 0.25) is 5.91 Å². The van der Waals surface area contributed by atoms with E-state index in [0.29, 0.717) is 24.3 Å². The maximum absolute atomic E-state index is 12.3. The van der Waals surface area contributed by atoms with E-state index in [2.05, 4.69) is 25.5 Å². The lowest BCUT2D eigenvalue weighted by atomic mass is 10.1. The summed E-state index contributed by atoms with van der Waals surface area (Å²) < 4.78 is 0. The van der Waals surface area contributed by atoms with Gasteiger partial charge in [-0.1, -0.05) is 12.8 Å². The van der Waals surface area contributed by atoms with Crippen LogP contribution in [0.1, 0.15) is 43.4 Å². The summed E-state index contributed by atoms with van der Waals surface area (Å²) in [5, 5.41) is 6.93. The second kappa shape index (κ2) is 7.05. The van der Waals surface area contributed by atoms with Crippen LogP contribution in [0.3, 0.4) is 0 Å². The Morgan fingerprint density at radius 2 is 2.04 bits per heavy atom. The number of amides is 1. The SMILES string of the molecule is O=C1C[C@@H](CNc2ncnc3c2CCNCC3)CN1C1CCCC1. The standard InChI is InChI=1S/C18H27N5O/c24-17-9-13(11-23(17)14-3-1-2-4-14)10-20-18-15-5-7-19-8-6-16(15)21-12-22-18/h12-14,19H,1-11H2,(H,20,21,22)/t13-/m0/s1. The van der Waals surface area contributed by atoms with Gasteiger partial charge in [-0.05, 0) is 25.8 Å². The van der Waals surface area contributed by atoms with E-state index in [0.717, 1.165) is 50.5 Å². The van der Waals surface area contributed by atoms with Crippen molar-refractivity contribution in [2.45, 2.75) is 51.0 Å². The minimum Gasteiger partial charge on any atom is -0.369 e. The van der Waals surface area contributed by atoms with Gasteiger partial charge in [0.05, 0.1) is 5.69 Å². The topological polar surface area (TPSA) is 70.1 Å². The van der Waals surface area contributed by atoms with Crippen molar-refractivity contribution in [3.8, 4) is 0 Å². The van der Waals surface area contributed by atoms with E-state index in [-0.39, 0.29) is 0 Å². The summed E-state index contributed by atoms with van der Waals surface area (Å²) in [6.07, 6.45) is 9.21. The third-order valence-corrected chi connectivity index (χ3v) is 5.69. The van der Waals surface area contributed by atoms with Crippen LogP contribution in [0.25, 0.3) is 0 Å². The fourth-order valence-corrected chi connectivity index (χ4v) is 4.38. The normalized spacial score (nSPS) is 24.9. The fourth-order valence-electron chi connectivity index (χ4n) is 4.38. The largest absolute Gasteiger partial charge is 0.369 e. The van der Waals surface area contributed by atoms with Crippen LogP contribution in [0.5, 0.6) is 0 Å².